The lowest BCUT2D eigenvalue weighted by atomic mass is 10.1. The number of hydrogen-bond donors (Lipinski definition) is 0. The van der Waals surface area contributed by atoms with E-state index >= 15 is 0 Å². The van der Waals surface area contributed by atoms with Crippen LogP contribution in [0.1, 0.15) is 30.5 Å². The molecule has 0 amide bonds. The minimum Gasteiger partial charge on any atom is -0.365 e. The second-order valence-corrected chi connectivity index (χ2v) is 6.03. The van der Waals surface area contributed by atoms with Crippen LogP contribution in [0.2, 0.25) is 0 Å². The molecule has 0 aliphatic carbocycles. The molecule has 2 aromatic carbocycles. The molecular formula is C18H22BrN. The van der Waals surface area contributed by atoms with Crippen LogP contribution in [-0.4, -0.2) is 6.04 Å². The molecule has 0 saturated heterocycles. The zero-order valence-electron chi connectivity index (χ0n) is 12.4. The van der Waals surface area contributed by atoms with Crippen molar-refractivity contribution in [1.29, 1.82) is 0 Å². The van der Waals surface area contributed by atoms with Crippen molar-refractivity contribution in [2.75, 3.05) is 4.90 Å². The maximum absolute atomic E-state index is 3.62. The van der Waals surface area contributed by atoms with E-state index in [9.17, 15) is 0 Å². The Morgan fingerprint density at radius 3 is 2.35 bits per heavy atom. The average Bonchev–Trinajstić information content (AvgIpc) is 2.46. The number of alkyl halides is 1. The van der Waals surface area contributed by atoms with Gasteiger partial charge in [0, 0.05) is 23.6 Å². The van der Waals surface area contributed by atoms with Crippen LogP contribution >= 0.6 is 15.9 Å². The molecule has 0 saturated carbocycles. The van der Waals surface area contributed by atoms with E-state index in [1.807, 2.05) is 0 Å². The zero-order valence-corrected chi connectivity index (χ0v) is 14.0. The van der Waals surface area contributed by atoms with E-state index in [4.69, 9.17) is 0 Å². The van der Waals surface area contributed by atoms with Gasteiger partial charge in [-0.25, -0.2) is 0 Å². The van der Waals surface area contributed by atoms with E-state index < -0.39 is 0 Å². The van der Waals surface area contributed by atoms with Gasteiger partial charge < -0.3 is 4.90 Å². The van der Waals surface area contributed by atoms with Crippen molar-refractivity contribution in [3.8, 4) is 0 Å². The number of halogens is 1. The van der Waals surface area contributed by atoms with Crippen molar-refractivity contribution in [2.45, 2.75) is 38.7 Å². The average molecular weight is 332 g/mol. The summed E-state index contributed by atoms with van der Waals surface area (Å²) in [6, 6.07) is 17.8. The fraction of sp³-hybridized carbons (Fsp3) is 0.333. The predicted molar refractivity (Wildman–Crippen MR) is 91.6 cm³/mol. The lowest BCUT2D eigenvalue weighted by Gasteiger charge is -2.31. The number of hydrogen-bond acceptors (Lipinski definition) is 1. The van der Waals surface area contributed by atoms with E-state index in [0.717, 1.165) is 11.9 Å². The molecule has 0 bridgehead atoms. The molecule has 0 spiro atoms. The summed E-state index contributed by atoms with van der Waals surface area (Å²) in [6.07, 6.45) is 0. The highest BCUT2D eigenvalue weighted by Gasteiger charge is 2.14. The first-order chi connectivity index (χ1) is 9.61. The normalized spacial score (nSPS) is 10.8. The Balaban J connectivity index is 2.34. The molecule has 2 rings (SSSR count). The molecule has 0 radical (unpaired) electrons. The summed E-state index contributed by atoms with van der Waals surface area (Å²) in [7, 11) is 0. The first-order valence-corrected chi connectivity index (χ1v) is 8.20. The van der Waals surface area contributed by atoms with Crippen molar-refractivity contribution in [3.63, 3.8) is 0 Å². The number of aryl methyl sites for hydroxylation is 1. The molecule has 1 nitrogen and oxygen atoms in total. The van der Waals surface area contributed by atoms with Gasteiger partial charge in [0.15, 0.2) is 0 Å². The summed E-state index contributed by atoms with van der Waals surface area (Å²) >= 11 is 3.62. The summed E-state index contributed by atoms with van der Waals surface area (Å²) in [6.45, 7) is 7.59. The molecule has 0 fully saturated rings. The Bertz CT molecular complexity index is 549. The van der Waals surface area contributed by atoms with Crippen LogP contribution in [0.15, 0.2) is 48.5 Å². The molecule has 0 atom stereocenters. The van der Waals surface area contributed by atoms with Crippen LogP contribution in [0.25, 0.3) is 0 Å². The zero-order chi connectivity index (χ0) is 14.5. The predicted octanol–water partition coefficient (Wildman–Crippen LogP) is 5.30. The van der Waals surface area contributed by atoms with Gasteiger partial charge >= 0.3 is 0 Å². The lowest BCUT2D eigenvalue weighted by Crippen LogP contribution is -2.30. The third-order valence-electron chi connectivity index (χ3n) is 3.51. The van der Waals surface area contributed by atoms with Crippen molar-refractivity contribution >= 4 is 21.6 Å². The first-order valence-electron chi connectivity index (χ1n) is 7.08. The first kappa shape index (κ1) is 15.1. The van der Waals surface area contributed by atoms with Gasteiger partial charge in [0.2, 0.25) is 0 Å². The molecule has 2 heteroatoms. The highest BCUT2D eigenvalue weighted by Crippen LogP contribution is 2.27. The summed E-state index contributed by atoms with van der Waals surface area (Å²) in [4.78, 5) is 2.46. The SMILES string of the molecule is Cc1ccc(N(Cc2ccccc2)C(C)C)c(CBr)c1. The molecular weight excluding hydrogens is 310 g/mol. The Kier molecular flexibility index (Phi) is 5.24. The summed E-state index contributed by atoms with van der Waals surface area (Å²) < 4.78 is 0. The van der Waals surface area contributed by atoms with Gasteiger partial charge in [-0.1, -0.05) is 64.0 Å². The van der Waals surface area contributed by atoms with E-state index in [1.54, 1.807) is 0 Å². The molecule has 0 aliphatic rings. The quantitative estimate of drug-likeness (QED) is 0.671. The smallest absolute Gasteiger partial charge is 0.0432 e. The van der Waals surface area contributed by atoms with Crippen molar-refractivity contribution in [3.05, 3.63) is 65.2 Å². The molecule has 0 aliphatic heterocycles. The van der Waals surface area contributed by atoms with Gasteiger partial charge in [0.25, 0.3) is 0 Å². The van der Waals surface area contributed by atoms with E-state index in [2.05, 4.69) is 90.1 Å². The van der Waals surface area contributed by atoms with Crippen LogP contribution < -0.4 is 4.90 Å². The number of rotatable bonds is 5. The molecule has 0 heterocycles. The van der Waals surface area contributed by atoms with Crippen LogP contribution in [0.3, 0.4) is 0 Å². The van der Waals surface area contributed by atoms with Gasteiger partial charge in [-0.15, -0.1) is 0 Å². The topological polar surface area (TPSA) is 3.24 Å². The summed E-state index contributed by atoms with van der Waals surface area (Å²) in [5, 5.41) is 0.891. The summed E-state index contributed by atoms with van der Waals surface area (Å²) in [5.74, 6) is 0. The molecule has 0 unspecified atom stereocenters. The van der Waals surface area contributed by atoms with Crippen LogP contribution in [0.4, 0.5) is 5.69 Å². The van der Waals surface area contributed by atoms with Crippen molar-refractivity contribution in [2.24, 2.45) is 0 Å². The Morgan fingerprint density at radius 2 is 1.75 bits per heavy atom. The Labute approximate surface area is 130 Å². The number of nitrogens with zero attached hydrogens (tertiary/aromatic N) is 1. The van der Waals surface area contributed by atoms with Gasteiger partial charge in [-0.2, -0.15) is 0 Å². The molecule has 0 aromatic heterocycles. The van der Waals surface area contributed by atoms with Crippen LogP contribution in [0.5, 0.6) is 0 Å². The van der Waals surface area contributed by atoms with Crippen molar-refractivity contribution in [1.82, 2.24) is 0 Å². The molecule has 2 aromatic rings. The second kappa shape index (κ2) is 6.94. The second-order valence-electron chi connectivity index (χ2n) is 5.47. The van der Waals surface area contributed by atoms with Gasteiger partial charge in [0.05, 0.1) is 0 Å². The standard InChI is InChI=1S/C18H22BrN/c1-14(2)20(13-16-7-5-4-6-8-16)18-10-9-15(3)11-17(18)12-19/h4-11,14H,12-13H2,1-3H3. The van der Waals surface area contributed by atoms with Gasteiger partial charge in [-0.05, 0) is 38.0 Å². The van der Waals surface area contributed by atoms with E-state index in [1.165, 1.54) is 22.4 Å². The highest BCUT2D eigenvalue weighted by molar-refractivity contribution is 9.08. The third-order valence-corrected chi connectivity index (χ3v) is 4.11. The van der Waals surface area contributed by atoms with Crippen LogP contribution in [-0.2, 0) is 11.9 Å². The monoisotopic (exact) mass is 331 g/mol. The maximum Gasteiger partial charge on any atom is 0.0432 e. The largest absolute Gasteiger partial charge is 0.365 e. The van der Waals surface area contributed by atoms with Gasteiger partial charge in [-0.3, -0.25) is 0 Å². The highest BCUT2D eigenvalue weighted by atomic mass is 79.9. The van der Waals surface area contributed by atoms with E-state index in [-0.39, 0.29) is 0 Å². The maximum atomic E-state index is 3.62. The Hall–Kier alpha value is -1.28. The number of anilines is 1. The van der Waals surface area contributed by atoms with Crippen LogP contribution in [0, 0.1) is 6.92 Å². The molecule has 0 N–H and O–H groups in total. The Morgan fingerprint density at radius 1 is 1.05 bits per heavy atom. The minimum atomic E-state index is 0.468. The van der Waals surface area contributed by atoms with Gasteiger partial charge in [0.1, 0.15) is 0 Å². The third kappa shape index (κ3) is 3.63. The number of benzene rings is 2. The van der Waals surface area contributed by atoms with Crippen molar-refractivity contribution < 1.29 is 0 Å². The lowest BCUT2D eigenvalue weighted by molar-refractivity contribution is 0.680. The minimum absolute atomic E-state index is 0.468. The fourth-order valence-electron chi connectivity index (χ4n) is 2.43. The fourth-order valence-corrected chi connectivity index (χ4v) is 2.88. The molecule has 106 valence electrons. The van der Waals surface area contributed by atoms with E-state index in [0.29, 0.717) is 6.04 Å². The summed E-state index contributed by atoms with van der Waals surface area (Å²) in [5.41, 5.74) is 5.34. The molecule has 20 heavy (non-hydrogen) atoms.